The maximum atomic E-state index is 13.3. The Kier molecular flexibility index (Phi) is 9.54. The zero-order valence-corrected chi connectivity index (χ0v) is 25.9. The fourth-order valence-corrected chi connectivity index (χ4v) is 6.99. The zero-order valence-electron chi connectivity index (χ0n) is 25.9. The van der Waals surface area contributed by atoms with Gasteiger partial charge in [0.05, 0.1) is 11.1 Å². The Balaban J connectivity index is 1.19. The SMILES string of the molecule is CCC(CC)Nc1cc(C(=O)NC2CC3CCC(C2)N3c2ccc(C(=O)N[C@@H]3CCN(C(C)C)C3)cn2)ccc1C(N)=O. The number of pyridine rings is 1. The standard InChI is InChI=1S/C33H47N7O3/c1-5-23(6-2)36-29-15-21(7-11-28(29)31(34)41)32(42)38-25-16-26-9-10-27(17-25)40(26)30-12-8-22(18-35-30)33(43)37-24-13-14-39(19-24)20(3)4/h7-8,11-12,15,18,20,23-27,36H,5-6,9-10,13-14,16-17,19H2,1-4H3,(H2,34,41)(H,37,43)(H,38,42)/t24-,25?,26?,27?/m1/s1. The highest BCUT2D eigenvalue weighted by Gasteiger charge is 2.42. The summed E-state index contributed by atoms with van der Waals surface area (Å²) < 4.78 is 0. The van der Waals surface area contributed by atoms with Crippen molar-refractivity contribution in [2.75, 3.05) is 23.3 Å². The first kappa shape index (κ1) is 30.8. The molecule has 3 fully saturated rings. The number of benzene rings is 1. The minimum Gasteiger partial charge on any atom is -0.382 e. The van der Waals surface area contributed by atoms with Crippen LogP contribution in [0.2, 0.25) is 0 Å². The summed E-state index contributed by atoms with van der Waals surface area (Å²) in [6.07, 6.45) is 8.22. The van der Waals surface area contributed by atoms with Crippen molar-refractivity contribution in [3.05, 3.63) is 53.2 Å². The van der Waals surface area contributed by atoms with E-state index in [1.165, 1.54) is 0 Å². The van der Waals surface area contributed by atoms with Crippen molar-refractivity contribution in [2.45, 2.75) is 109 Å². The van der Waals surface area contributed by atoms with E-state index >= 15 is 0 Å². The average molecular weight is 590 g/mol. The van der Waals surface area contributed by atoms with Gasteiger partial charge in [0.15, 0.2) is 0 Å². The molecule has 5 rings (SSSR count). The predicted octanol–water partition coefficient (Wildman–Crippen LogP) is 3.92. The number of hydrogen-bond donors (Lipinski definition) is 4. The summed E-state index contributed by atoms with van der Waals surface area (Å²) in [6.45, 7) is 10.4. The van der Waals surface area contributed by atoms with E-state index in [0.29, 0.717) is 28.4 Å². The molecular formula is C33H47N7O3. The first-order chi connectivity index (χ1) is 20.7. The van der Waals surface area contributed by atoms with E-state index in [0.717, 1.165) is 63.9 Å². The number of rotatable bonds is 11. The van der Waals surface area contributed by atoms with Gasteiger partial charge >= 0.3 is 0 Å². The van der Waals surface area contributed by atoms with Crippen LogP contribution in [0.5, 0.6) is 0 Å². The van der Waals surface area contributed by atoms with Crippen molar-refractivity contribution in [1.82, 2.24) is 20.5 Å². The monoisotopic (exact) mass is 589 g/mol. The van der Waals surface area contributed by atoms with Crippen molar-refractivity contribution in [2.24, 2.45) is 5.73 Å². The molecule has 10 nitrogen and oxygen atoms in total. The van der Waals surface area contributed by atoms with Crippen molar-refractivity contribution in [1.29, 1.82) is 0 Å². The molecule has 0 aliphatic carbocycles. The van der Waals surface area contributed by atoms with Crippen LogP contribution in [0.15, 0.2) is 36.5 Å². The Morgan fingerprint density at radius 2 is 1.58 bits per heavy atom. The number of nitrogens with one attached hydrogen (secondary N) is 3. The van der Waals surface area contributed by atoms with Crippen LogP contribution < -0.4 is 26.6 Å². The lowest BCUT2D eigenvalue weighted by atomic mass is 9.96. The summed E-state index contributed by atoms with van der Waals surface area (Å²) in [7, 11) is 0. The average Bonchev–Trinajstić information content (AvgIpc) is 3.57. The third kappa shape index (κ3) is 6.95. The predicted molar refractivity (Wildman–Crippen MR) is 170 cm³/mol. The Bertz CT molecular complexity index is 1300. The minimum absolute atomic E-state index is 0.0503. The van der Waals surface area contributed by atoms with E-state index in [-0.39, 0.29) is 42.0 Å². The number of carbonyl (C=O) groups is 3. The number of nitrogens with two attached hydrogens (primary N) is 1. The Hall–Kier alpha value is -3.66. The lowest BCUT2D eigenvalue weighted by Gasteiger charge is -2.40. The second kappa shape index (κ2) is 13.3. The molecule has 3 aliphatic rings. The Morgan fingerprint density at radius 3 is 2.16 bits per heavy atom. The molecule has 3 atom stereocenters. The molecule has 3 aliphatic heterocycles. The summed E-state index contributed by atoms with van der Waals surface area (Å²) in [5.41, 5.74) is 7.70. The quantitative estimate of drug-likeness (QED) is 0.312. The van der Waals surface area contributed by atoms with Gasteiger partial charge in [-0.1, -0.05) is 13.8 Å². The third-order valence-electron chi connectivity index (χ3n) is 9.52. The van der Waals surface area contributed by atoms with Gasteiger partial charge in [0.2, 0.25) is 0 Å². The van der Waals surface area contributed by atoms with Gasteiger partial charge in [-0.05, 0) is 89.1 Å². The smallest absolute Gasteiger partial charge is 0.253 e. The van der Waals surface area contributed by atoms with E-state index in [4.69, 9.17) is 10.7 Å². The lowest BCUT2D eigenvalue weighted by Crippen LogP contribution is -2.50. The topological polar surface area (TPSA) is 133 Å². The second-order valence-corrected chi connectivity index (χ2v) is 12.7. The van der Waals surface area contributed by atoms with Crippen LogP contribution in [-0.2, 0) is 0 Å². The first-order valence-electron chi connectivity index (χ1n) is 16.0. The lowest BCUT2D eigenvalue weighted by molar-refractivity contribution is 0.0922. The van der Waals surface area contributed by atoms with E-state index < -0.39 is 5.91 Å². The van der Waals surface area contributed by atoms with Crippen LogP contribution in [0.3, 0.4) is 0 Å². The number of likely N-dealkylation sites (tertiary alicyclic amines) is 1. The highest BCUT2D eigenvalue weighted by atomic mass is 16.2. The maximum absolute atomic E-state index is 13.3. The molecule has 3 saturated heterocycles. The van der Waals surface area contributed by atoms with Gasteiger partial charge in [-0.2, -0.15) is 0 Å². The minimum atomic E-state index is -0.515. The molecule has 10 heteroatoms. The first-order valence-corrected chi connectivity index (χ1v) is 16.0. The molecule has 5 N–H and O–H groups in total. The normalized spacial score (nSPS) is 23.5. The maximum Gasteiger partial charge on any atom is 0.253 e. The number of amides is 3. The number of hydrogen-bond acceptors (Lipinski definition) is 7. The third-order valence-corrected chi connectivity index (χ3v) is 9.52. The summed E-state index contributed by atoms with van der Waals surface area (Å²) in [5.74, 6) is 0.160. The van der Waals surface area contributed by atoms with Gasteiger partial charge in [-0.3, -0.25) is 19.3 Å². The number of fused-ring (bicyclic) bond motifs is 2. The van der Waals surface area contributed by atoms with Gasteiger partial charge in [0.25, 0.3) is 17.7 Å². The largest absolute Gasteiger partial charge is 0.382 e. The molecule has 1 aromatic heterocycles. The zero-order chi connectivity index (χ0) is 30.7. The van der Waals surface area contributed by atoms with Crippen molar-refractivity contribution in [3.63, 3.8) is 0 Å². The van der Waals surface area contributed by atoms with Gasteiger partial charge in [0.1, 0.15) is 5.82 Å². The van der Waals surface area contributed by atoms with Crippen LogP contribution in [-0.4, -0.2) is 76.9 Å². The molecule has 2 unspecified atom stereocenters. The Labute approximate surface area is 255 Å². The van der Waals surface area contributed by atoms with Crippen LogP contribution in [0.1, 0.15) is 104 Å². The number of primary amides is 1. The summed E-state index contributed by atoms with van der Waals surface area (Å²) >= 11 is 0. The molecule has 0 saturated carbocycles. The van der Waals surface area contributed by atoms with E-state index in [1.54, 1.807) is 24.4 Å². The van der Waals surface area contributed by atoms with Crippen LogP contribution in [0.25, 0.3) is 0 Å². The number of anilines is 2. The molecule has 0 radical (unpaired) electrons. The number of nitrogens with zero attached hydrogens (tertiary/aromatic N) is 3. The molecule has 2 bridgehead atoms. The highest BCUT2D eigenvalue weighted by molar-refractivity contribution is 6.02. The second-order valence-electron chi connectivity index (χ2n) is 12.7. The molecule has 1 aromatic carbocycles. The van der Waals surface area contributed by atoms with E-state index in [9.17, 15) is 14.4 Å². The van der Waals surface area contributed by atoms with Crippen molar-refractivity contribution in [3.8, 4) is 0 Å². The molecular weight excluding hydrogens is 542 g/mol. The highest BCUT2D eigenvalue weighted by Crippen LogP contribution is 2.38. The van der Waals surface area contributed by atoms with E-state index in [1.807, 2.05) is 12.1 Å². The summed E-state index contributed by atoms with van der Waals surface area (Å²) in [6, 6.07) is 10.4. The molecule has 43 heavy (non-hydrogen) atoms. The van der Waals surface area contributed by atoms with Crippen LogP contribution in [0.4, 0.5) is 11.5 Å². The molecule has 232 valence electrons. The van der Waals surface area contributed by atoms with Crippen molar-refractivity contribution >= 4 is 29.2 Å². The summed E-state index contributed by atoms with van der Waals surface area (Å²) in [4.78, 5) is 47.7. The number of piperidine rings is 1. The molecule has 3 amide bonds. The van der Waals surface area contributed by atoms with Gasteiger partial charge in [-0.25, -0.2) is 4.98 Å². The number of carbonyl (C=O) groups excluding carboxylic acids is 3. The van der Waals surface area contributed by atoms with Crippen molar-refractivity contribution < 1.29 is 14.4 Å². The molecule has 4 heterocycles. The van der Waals surface area contributed by atoms with Gasteiger partial charge in [-0.15, -0.1) is 0 Å². The Morgan fingerprint density at radius 1 is 0.930 bits per heavy atom. The van der Waals surface area contributed by atoms with Gasteiger partial charge in [0, 0.05) is 66.8 Å². The van der Waals surface area contributed by atoms with Crippen LogP contribution in [0, 0.1) is 0 Å². The molecule has 0 spiro atoms. The fourth-order valence-electron chi connectivity index (χ4n) is 6.99. The number of aromatic nitrogens is 1. The van der Waals surface area contributed by atoms with E-state index in [2.05, 4.69) is 53.4 Å². The van der Waals surface area contributed by atoms with Gasteiger partial charge < -0.3 is 26.6 Å². The van der Waals surface area contributed by atoms with Crippen LogP contribution >= 0.6 is 0 Å². The summed E-state index contributed by atoms with van der Waals surface area (Å²) in [5, 5.41) is 9.81. The fraction of sp³-hybridized carbons (Fsp3) is 0.576. The molecule has 2 aromatic rings.